The molecule has 1 fully saturated rings. The van der Waals surface area contributed by atoms with Gasteiger partial charge >= 0.3 is 6.95 Å². The lowest BCUT2D eigenvalue weighted by atomic mass is 10.4. The molecule has 0 unspecified atom stereocenters. The van der Waals surface area contributed by atoms with Gasteiger partial charge in [-0.15, -0.1) is 0 Å². The second kappa shape index (κ2) is 4.47. The predicted molar refractivity (Wildman–Crippen MR) is 51.3 cm³/mol. The van der Waals surface area contributed by atoms with Crippen molar-refractivity contribution in [1.82, 2.24) is 0 Å². The highest BCUT2D eigenvalue weighted by Gasteiger charge is 2.34. The molecule has 0 spiro atoms. The number of rotatable bonds is 4. The molecular weight excluding hydrogens is 230 g/mol. The molecule has 14 heavy (non-hydrogen) atoms. The van der Waals surface area contributed by atoms with Crippen molar-refractivity contribution in [2.75, 3.05) is 20.3 Å². The van der Waals surface area contributed by atoms with Gasteiger partial charge in [0.2, 0.25) is 0 Å². The smallest absolute Gasteiger partial charge is 0.348 e. The molecule has 1 saturated heterocycles. The van der Waals surface area contributed by atoms with Crippen molar-refractivity contribution in [3.05, 3.63) is 0 Å². The van der Waals surface area contributed by atoms with E-state index in [4.69, 9.17) is 25.2 Å². The number of hydrogen-bond donors (Lipinski definition) is 0. The van der Waals surface area contributed by atoms with Crippen LogP contribution in [0.1, 0.15) is 13.8 Å². The summed E-state index contributed by atoms with van der Waals surface area (Å²) in [6, 6.07) is 0. The van der Waals surface area contributed by atoms with Gasteiger partial charge in [0.1, 0.15) is 6.10 Å². The molecule has 0 N–H and O–H groups in total. The molecule has 0 aromatic rings. The van der Waals surface area contributed by atoms with Crippen LogP contribution in [0.4, 0.5) is 0 Å². The zero-order valence-corrected chi connectivity index (χ0v) is 10.0. The Morgan fingerprint density at radius 1 is 1.64 bits per heavy atom. The van der Waals surface area contributed by atoms with Crippen LogP contribution in [0, 0.1) is 0 Å². The molecule has 7 heteroatoms. The Bertz CT molecular complexity index is 244. The van der Waals surface area contributed by atoms with Crippen molar-refractivity contribution >= 4 is 18.2 Å². The highest BCUT2D eigenvalue weighted by Crippen LogP contribution is 2.52. The van der Waals surface area contributed by atoms with Gasteiger partial charge in [0.05, 0.1) is 13.2 Å². The van der Waals surface area contributed by atoms with E-state index < -0.39 is 12.7 Å². The van der Waals surface area contributed by atoms with Crippen LogP contribution in [-0.2, 0) is 23.1 Å². The zero-order valence-electron chi connectivity index (χ0n) is 8.36. The molecule has 1 rings (SSSR count). The summed E-state index contributed by atoms with van der Waals surface area (Å²) in [4.78, 5) is 0. The molecule has 84 valence electrons. The Labute approximate surface area is 87.9 Å². The van der Waals surface area contributed by atoms with E-state index >= 15 is 0 Å². The largest absolute Gasteiger partial charge is 0.424 e. The Morgan fingerprint density at radius 3 is 2.71 bits per heavy atom. The molecule has 5 nitrogen and oxygen atoms in total. The minimum absolute atomic E-state index is 0.0953. The lowest BCUT2D eigenvalue weighted by Gasteiger charge is -2.17. The minimum Gasteiger partial charge on any atom is -0.348 e. The maximum absolute atomic E-state index is 11.1. The van der Waals surface area contributed by atoms with Crippen molar-refractivity contribution in [2.24, 2.45) is 0 Å². The van der Waals surface area contributed by atoms with E-state index in [1.807, 2.05) is 0 Å². The molecule has 0 aliphatic carbocycles. The first-order valence-electron chi connectivity index (χ1n) is 4.16. The monoisotopic (exact) mass is 244 g/mol. The Morgan fingerprint density at radius 2 is 2.29 bits per heavy atom. The third-order valence-electron chi connectivity index (χ3n) is 1.70. The summed E-state index contributed by atoms with van der Waals surface area (Å²) in [5, 5.41) is 0. The Kier molecular flexibility index (Phi) is 3.97. The van der Waals surface area contributed by atoms with Crippen molar-refractivity contribution in [3.63, 3.8) is 0 Å². The van der Waals surface area contributed by atoms with Crippen molar-refractivity contribution < 1.29 is 23.1 Å². The quantitative estimate of drug-likeness (QED) is 0.709. The van der Waals surface area contributed by atoms with Gasteiger partial charge in [0, 0.05) is 18.4 Å². The molecule has 0 amide bonds. The molecule has 1 aliphatic rings. The van der Waals surface area contributed by atoms with Crippen LogP contribution in [0.5, 0.6) is 0 Å². The Balaban J connectivity index is 2.31. The summed E-state index contributed by atoms with van der Waals surface area (Å²) in [6.07, 6.45) is -0.257. The molecule has 2 atom stereocenters. The van der Waals surface area contributed by atoms with Gasteiger partial charge in [0.25, 0.3) is 0 Å². The zero-order chi connectivity index (χ0) is 10.8. The summed E-state index contributed by atoms with van der Waals surface area (Å²) < 4.78 is 31.1. The first-order valence-corrected chi connectivity index (χ1v) is 6.61. The van der Waals surface area contributed by atoms with Crippen molar-refractivity contribution in [1.29, 1.82) is 0 Å². The Hall–Kier alpha value is 0.360. The lowest BCUT2D eigenvalue weighted by molar-refractivity contribution is -0.141. The second-order valence-electron chi connectivity index (χ2n) is 3.36. The topological polar surface area (TPSA) is 54.0 Å². The van der Waals surface area contributed by atoms with E-state index in [0.29, 0.717) is 6.61 Å². The molecule has 0 bridgehead atoms. The van der Waals surface area contributed by atoms with E-state index in [-0.39, 0.29) is 12.7 Å². The van der Waals surface area contributed by atoms with Crippen LogP contribution in [0.15, 0.2) is 0 Å². The minimum atomic E-state index is -3.43. The normalized spacial score (nSPS) is 30.1. The summed E-state index contributed by atoms with van der Waals surface area (Å²) in [5.74, 6) is -0.614. The lowest BCUT2D eigenvalue weighted by Crippen LogP contribution is -2.23. The molecule has 0 aromatic heterocycles. The van der Waals surface area contributed by atoms with Crippen molar-refractivity contribution in [2.45, 2.75) is 25.7 Å². The molecule has 0 aromatic carbocycles. The average molecular weight is 245 g/mol. The van der Waals surface area contributed by atoms with E-state index in [1.165, 1.54) is 7.11 Å². The first kappa shape index (κ1) is 12.4. The number of hydrogen-bond acceptors (Lipinski definition) is 5. The molecular formula is C7H14ClO5P. The maximum atomic E-state index is 11.1. The van der Waals surface area contributed by atoms with Crippen LogP contribution in [0.2, 0.25) is 0 Å². The molecule has 0 saturated carbocycles. The summed E-state index contributed by atoms with van der Waals surface area (Å²) in [5.41, 5.74) is 0. The van der Waals surface area contributed by atoms with Gasteiger partial charge < -0.3 is 14.0 Å². The third kappa shape index (κ3) is 3.85. The molecule has 1 heterocycles. The number of ether oxygens (including phenoxy) is 2. The standard InChI is InChI=1S/C7H14ClO5P/c1-7(2)11-4-6(13-7)5-12-14(8,9)10-3/h6H,4-5H2,1-3H3/t6-,14-/m1/s1. The molecule has 1 aliphatic heterocycles. The van der Waals surface area contributed by atoms with E-state index in [1.54, 1.807) is 13.8 Å². The van der Waals surface area contributed by atoms with Crippen LogP contribution >= 0.6 is 18.2 Å². The van der Waals surface area contributed by atoms with Crippen LogP contribution in [-0.4, -0.2) is 32.2 Å². The SMILES string of the molecule is CO[P@](=O)(Cl)OC[C@H]1COC(C)(C)O1. The maximum Gasteiger partial charge on any atom is 0.424 e. The van der Waals surface area contributed by atoms with E-state index in [9.17, 15) is 4.57 Å². The highest BCUT2D eigenvalue weighted by atomic mass is 35.7. The van der Waals surface area contributed by atoms with Gasteiger partial charge in [-0.2, -0.15) is 0 Å². The van der Waals surface area contributed by atoms with Crippen molar-refractivity contribution in [3.8, 4) is 0 Å². The third-order valence-corrected chi connectivity index (χ3v) is 3.30. The van der Waals surface area contributed by atoms with Gasteiger partial charge in [-0.1, -0.05) is 0 Å². The van der Waals surface area contributed by atoms with Gasteiger partial charge in [-0.3, -0.25) is 4.52 Å². The summed E-state index contributed by atoms with van der Waals surface area (Å²) in [6.45, 7) is 0.651. The fourth-order valence-corrected chi connectivity index (χ4v) is 1.69. The predicted octanol–water partition coefficient (Wildman–Crippen LogP) is 2.15. The van der Waals surface area contributed by atoms with E-state index in [2.05, 4.69) is 4.52 Å². The van der Waals surface area contributed by atoms with Crippen LogP contribution < -0.4 is 0 Å². The van der Waals surface area contributed by atoms with Gasteiger partial charge in [-0.05, 0) is 13.8 Å². The van der Waals surface area contributed by atoms with Gasteiger partial charge in [0.15, 0.2) is 5.79 Å². The fourth-order valence-electron chi connectivity index (χ4n) is 1.07. The summed E-state index contributed by atoms with van der Waals surface area (Å²) in [7, 11) is 1.23. The van der Waals surface area contributed by atoms with Crippen LogP contribution in [0.3, 0.4) is 0 Å². The van der Waals surface area contributed by atoms with Crippen LogP contribution in [0.25, 0.3) is 0 Å². The van der Waals surface area contributed by atoms with Gasteiger partial charge in [-0.25, -0.2) is 4.57 Å². The number of halogens is 1. The van der Waals surface area contributed by atoms with E-state index in [0.717, 1.165) is 0 Å². The fraction of sp³-hybridized carbons (Fsp3) is 1.00. The summed E-state index contributed by atoms with van der Waals surface area (Å²) >= 11 is 5.38. The second-order valence-corrected chi connectivity index (χ2v) is 6.09. The highest BCUT2D eigenvalue weighted by molar-refractivity contribution is 7.81. The first-order chi connectivity index (χ1) is 6.35. The average Bonchev–Trinajstić information content (AvgIpc) is 2.43. The molecule has 0 radical (unpaired) electrons.